The van der Waals surface area contributed by atoms with E-state index in [-0.39, 0.29) is 0 Å². The van der Waals surface area contributed by atoms with E-state index in [4.69, 9.17) is 4.74 Å². The summed E-state index contributed by atoms with van der Waals surface area (Å²) >= 11 is 0. The van der Waals surface area contributed by atoms with Crippen LogP contribution in [0.25, 0.3) is 0 Å². The van der Waals surface area contributed by atoms with Crippen LogP contribution in [0, 0.1) is 29.6 Å². The van der Waals surface area contributed by atoms with Crippen molar-refractivity contribution in [3.63, 3.8) is 0 Å². The van der Waals surface area contributed by atoms with Gasteiger partial charge in [-0.15, -0.1) is 0 Å². The summed E-state index contributed by atoms with van der Waals surface area (Å²) in [6, 6.07) is 0. The van der Waals surface area contributed by atoms with Crippen LogP contribution in [0.4, 0.5) is 0 Å². The number of hydrogen-bond acceptors (Lipinski definition) is 7. The van der Waals surface area contributed by atoms with Crippen LogP contribution in [0.15, 0.2) is 0 Å². The Kier molecular flexibility index (Phi) is 59.9. The zero-order chi connectivity index (χ0) is 44.9. The van der Waals surface area contributed by atoms with Gasteiger partial charge in [0.25, 0.3) is 0 Å². The molecule has 5 heterocycles. The van der Waals surface area contributed by atoms with Gasteiger partial charge in [0, 0.05) is 72.0 Å². The Bertz CT molecular complexity index is 605. The number of hydrogen-bond donors (Lipinski definition) is 1. The van der Waals surface area contributed by atoms with Gasteiger partial charge >= 0.3 is 0 Å². The average molecular weight is 818 g/mol. The van der Waals surface area contributed by atoms with Crippen molar-refractivity contribution in [2.75, 3.05) is 124 Å². The van der Waals surface area contributed by atoms with Crippen molar-refractivity contribution in [2.24, 2.45) is 29.6 Å². The zero-order valence-electron chi connectivity index (χ0n) is 43.7. The molecular formula is C50H116N6O. The quantitative estimate of drug-likeness (QED) is 0.235. The monoisotopic (exact) mass is 817 g/mol. The van der Waals surface area contributed by atoms with Gasteiger partial charge in [-0.1, -0.05) is 145 Å². The second-order valence-corrected chi connectivity index (χ2v) is 17.0. The van der Waals surface area contributed by atoms with E-state index in [1.54, 1.807) is 0 Å². The molecule has 57 heavy (non-hydrogen) atoms. The first-order chi connectivity index (χ1) is 27.4. The third-order valence-electron chi connectivity index (χ3n) is 9.03. The van der Waals surface area contributed by atoms with E-state index >= 15 is 0 Å². The fourth-order valence-corrected chi connectivity index (χ4v) is 6.93. The van der Waals surface area contributed by atoms with Crippen LogP contribution in [0.2, 0.25) is 0 Å². The summed E-state index contributed by atoms with van der Waals surface area (Å²) < 4.78 is 5.24. The maximum atomic E-state index is 5.24. The van der Waals surface area contributed by atoms with Gasteiger partial charge in [0.05, 0.1) is 13.2 Å². The van der Waals surface area contributed by atoms with E-state index < -0.39 is 0 Å². The number of rotatable bonds is 10. The van der Waals surface area contributed by atoms with Crippen molar-refractivity contribution in [1.82, 2.24) is 29.8 Å². The number of ether oxygens (including phenoxy) is 1. The Morgan fingerprint density at radius 3 is 0.789 bits per heavy atom. The molecule has 0 aromatic heterocycles. The Morgan fingerprint density at radius 1 is 0.316 bits per heavy atom. The third-order valence-corrected chi connectivity index (χ3v) is 9.03. The molecule has 0 bridgehead atoms. The third kappa shape index (κ3) is 50.0. The molecule has 5 fully saturated rings. The van der Waals surface area contributed by atoms with Gasteiger partial charge < -0.3 is 29.7 Å². The molecule has 352 valence electrons. The van der Waals surface area contributed by atoms with E-state index in [0.29, 0.717) is 0 Å². The predicted molar refractivity (Wildman–Crippen MR) is 265 cm³/mol. The van der Waals surface area contributed by atoms with Gasteiger partial charge in [0.1, 0.15) is 0 Å². The molecule has 0 aromatic carbocycles. The Hall–Kier alpha value is -0.280. The summed E-state index contributed by atoms with van der Waals surface area (Å²) in [6.07, 6.45) is 8.57. The topological polar surface area (TPSA) is 37.5 Å². The minimum atomic E-state index is 0.790. The van der Waals surface area contributed by atoms with E-state index in [1.165, 1.54) is 137 Å². The maximum Gasteiger partial charge on any atom is 0.0594 e. The summed E-state index contributed by atoms with van der Waals surface area (Å²) in [5.74, 6) is 4.16. The highest BCUT2D eigenvalue weighted by atomic mass is 16.5. The number of likely N-dealkylation sites (tertiary alicyclic amines) is 3. The lowest BCUT2D eigenvalue weighted by molar-refractivity contribution is 0.0329. The number of piperazine rings is 1. The normalized spacial score (nSPS) is 18.5. The molecule has 0 radical (unpaired) electrons. The number of piperidine rings is 1. The van der Waals surface area contributed by atoms with Gasteiger partial charge in [0.2, 0.25) is 0 Å². The first kappa shape index (κ1) is 65.8. The fraction of sp³-hybridized carbons (Fsp3) is 1.00. The molecule has 0 unspecified atom stereocenters. The first-order valence-electron chi connectivity index (χ1n) is 25.3. The Balaban J connectivity index is -0.000000187. The SMILES string of the molecule is CC.CC.CC.CC.CC.CC(C)CN1CCC1.CC(C)CN1CCCC1.CC(C)CN1CCCCC1.CC(C)CN1CCNCC1.CC(C)CN1CCOCC1. The molecule has 5 rings (SSSR count). The van der Waals surface area contributed by atoms with Crippen molar-refractivity contribution in [3.8, 4) is 0 Å². The molecule has 0 atom stereocenters. The van der Waals surface area contributed by atoms with Crippen LogP contribution >= 0.6 is 0 Å². The first-order valence-corrected chi connectivity index (χ1v) is 25.3. The molecule has 0 aromatic rings. The summed E-state index contributed by atoms with van der Waals surface area (Å²) in [6.45, 7) is 66.2. The summed E-state index contributed by atoms with van der Waals surface area (Å²) in [7, 11) is 0. The van der Waals surface area contributed by atoms with Gasteiger partial charge in [-0.3, -0.25) is 4.90 Å². The van der Waals surface area contributed by atoms with Crippen LogP contribution < -0.4 is 5.32 Å². The van der Waals surface area contributed by atoms with E-state index in [1.807, 2.05) is 69.2 Å². The van der Waals surface area contributed by atoms with Crippen molar-refractivity contribution in [3.05, 3.63) is 0 Å². The van der Waals surface area contributed by atoms with Crippen LogP contribution in [0.3, 0.4) is 0 Å². The van der Waals surface area contributed by atoms with Gasteiger partial charge in [-0.25, -0.2) is 0 Å². The minimum absolute atomic E-state index is 0.790. The predicted octanol–water partition coefficient (Wildman–Crippen LogP) is 11.9. The lowest BCUT2D eigenvalue weighted by atomic mass is 10.1. The molecule has 0 saturated carbocycles. The highest BCUT2D eigenvalue weighted by Gasteiger charge is 2.14. The van der Waals surface area contributed by atoms with Crippen molar-refractivity contribution >= 4 is 0 Å². The molecule has 1 N–H and O–H groups in total. The number of nitrogens with one attached hydrogen (secondary N) is 1. The van der Waals surface area contributed by atoms with Crippen LogP contribution in [-0.2, 0) is 4.74 Å². The standard InChI is InChI=1S/C9H19N.C8H18N2.C8H17NO.C8H17N.C7H15N.5C2H6/c1-9(2)8-10-6-4-3-5-7-10;1-8(2)7-10-5-3-9-4-6-10;1-8(2)7-9-3-5-10-6-4-9;1-8(2)7-9-5-3-4-6-9;1-7(2)6-8-4-3-5-8;5*1-2/h9H,3-8H2,1-2H3;8-9H,3-7H2,1-2H3;8H,3-7H2,1-2H3;8H,3-7H2,1-2H3;7H,3-6H2,1-2H3;5*1-2H3. The van der Waals surface area contributed by atoms with E-state index in [9.17, 15) is 0 Å². The fourth-order valence-electron chi connectivity index (χ4n) is 6.93. The number of morpholine rings is 1. The number of nitrogens with zero attached hydrogens (tertiary/aromatic N) is 5. The minimum Gasteiger partial charge on any atom is -0.379 e. The van der Waals surface area contributed by atoms with Gasteiger partial charge in [0.15, 0.2) is 0 Å². The molecule has 7 heteroatoms. The second-order valence-electron chi connectivity index (χ2n) is 17.0. The summed E-state index contributed by atoms with van der Waals surface area (Å²) in [4.78, 5) is 12.7. The van der Waals surface area contributed by atoms with Crippen LogP contribution in [0.5, 0.6) is 0 Å². The van der Waals surface area contributed by atoms with E-state index in [2.05, 4.69) is 99.1 Å². The molecule has 0 spiro atoms. The molecule has 0 aliphatic carbocycles. The second kappa shape index (κ2) is 51.9. The molecule has 0 amide bonds. The van der Waals surface area contributed by atoms with Crippen LogP contribution in [0.1, 0.15) is 177 Å². The molecule has 7 nitrogen and oxygen atoms in total. The Labute approximate surface area is 364 Å². The maximum absolute atomic E-state index is 5.24. The molecular weight excluding hydrogens is 701 g/mol. The average Bonchev–Trinajstić information content (AvgIpc) is 3.71. The molecule has 5 aliphatic heterocycles. The largest absolute Gasteiger partial charge is 0.379 e. The van der Waals surface area contributed by atoms with Gasteiger partial charge in [-0.2, -0.15) is 0 Å². The van der Waals surface area contributed by atoms with Crippen LogP contribution in [-0.4, -0.2) is 149 Å². The smallest absolute Gasteiger partial charge is 0.0594 e. The van der Waals surface area contributed by atoms with Crippen molar-refractivity contribution < 1.29 is 4.74 Å². The Morgan fingerprint density at radius 2 is 0.544 bits per heavy atom. The molecule has 5 aliphatic rings. The van der Waals surface area contributed by atoms with Gasteiger partial charge in [-0.05, 0) is 101 Å². The summed E-state index contributed by atoms with van der Waals surface area (Å²) in [5, 5.41) is 3.35. The van der Waals surface area contributed by atoms with Crippen molar-refractivity contribution in [2.45, 2.75) is 177 Å². The highest BCUT2D eigenvalue weighted by Crippen LogP contribution is 2.11. The molecule has 5 saturated heterocycles. The zero-order valence-corrected chi connectivity index (χ0v) is 43.7. The highest BCUT2D eigenvalue weighted by molar-refractivity contribution is 4.70. The lowest BCUT2D eigenvalue weighted by Gasteiger charge is -2.31. The lowest BCUT2D eigenvalue weighted by Crippen LogP contribution is -2.44. The van der Waals surface area contributed by atoms with Crippen molar-refractivity contribution in [1.29, 1.82) is 0 Å². The summed E-state index contributed by atoms with van der Waals surface area (Å²) in [5.41, 5.74) is 0. The van der Waals surface area contributed by atoms with E-state index in [0.717, 1.165) is 55.9 Å².